The lowest BCUT2D eigenvalue weighted by Crippen LogP contribution is -2.55. The maximum absolute atomic E-state index is 13.3. The van der Waals surface area contributed by atoms with Crippen LogP contribution in [0.25, 0.3) is 10.4 Å². The van der Waals surface area contributed by atoms with Gasteiger partial charge in [0.25, 0.3) is 5.91 Å². The molecule has 1 saturated carbocycles. The molecular formula is C23H25N3O3S. The number of fused-ring (bicyclic) bond motifs is 2. The molecule has 7 heteroatoms. The Bertz CT molecular complexity index is 982. The van der Waals surface area contributed by atoms with E-state index in [2.05, 4.69) is 10.6 Å². The van der Waals surface area contributed by atoms with Gasteiger partial charge in [-0.2, -0.15) is 0 Å². The summed E-state index contributed by atoms with van der Waals surface area (Å²) in [6.45, 7) is 0.467. The molecule has 2 N–H and O–H groups in total. The molecule has 0 bridgehead atoms. The number of benzene rings is 1. The highest BCUT2D eigenvalue weighted by molar-refractivity contribution is 7.13. The van der Waals surface area contributed by atoms with E-state index in [0.717, 1.165) is 36.1 Å². The Balaban J connectivity index is 1.35. The predicted molar refractivity (Wildman–Crippen MR) is 116 cm³/mol. The molecule has 5 rings (SSSR count). The number of carbonyl (C=O) groups is 3. The van der Waals surface area contributed by atoms with Gasteiger partial charge < -0.3 is 15.5 Å². The molecule has 0 spiro atoms. The zero-order valence-electron chi connectivity index (χ0n) is 16.7. The van der Waals surface area contributed by atoms with Crippen molar-refractivity contribution >= 4 is 34.7 Å². The summed E-state index contributed by atoms with van der Waals surface area (Å²) >= 11 is 1.62. The van der Waals surface area contributed by atoms with Crippen LogP contribution in [0.15, 0.2) is 35.7 Å². The molecule has 3 aliphatic rings. The largest absolute Gasteiger partial charge is 0.353 e. The van der Waals surface area contributed by atoms with Crippen molar-refractivity contribution in [1.82, 2.24) is 10.2 Å². The van der Waals surface area contributed by atoms with Gasteiger partial charge in [-0.1, -0.05) is 25.0 Å². The van der Waals surface area contributed by atoms with Crippen molar-refractivity contribution in [3.8, 4) is 10.4 Å². The number of anilines is 1. The second kappa shape index (κ2) is 7.87. The first-order valence-corrected chi connectivity index (χ1v) is 11.6. The molecule has 2 fully saturated rings. The normalized spacial score (nSPS) is 24.1. The lowest BCUT2D eigenvalue weighted by atomic mass is 9.95. The highest BCUT2D eigenvalue weighted by Crippen LogP contribution is 2.33. The van der Waals surface area contributed by atoms with E-state index in [0.29, 0.717) is 30.6 Å². The standard InChI is InChI=1S/C23H25N3O3S/c27-21(14-4-1-2-5-14)24-16-9-10-26-19(13-16)22(28)25-18-8-7-15(12-17(18)23(26)29)20-6-3-11-30-20/h3,6-8,11-12,14,16,19H,1-2,4-5,9-10,13H2,(H,24,27)(H,25,28)/t16-,19-/m0/s1. The predicted octanol–water partition coefficient (Wildman–Crippen LogP) is 3.65. The molecule has 1 saturated heterocycles. The average molecular weight is 424 g/mol. The molecule has 1 aromatic carbocycles. The summed E-state index contributed by atoms with van der Waals surface area (Å²) in [6, 6.07) is 9.01. The van der Waals surface area contributed by atoms with Crippen LogP contribution in [0.3, 0.4) is 0 Å². The van der Waals surface area contributed by atoms with Gasteiger partial charge in [-0.15, -0.1) is 11.3 Å². The van der Waals surface area contributed by atoms with E-state index < -0.39 is 6.04 Å². The van der Waals surface area contributed by atoms with E-state index in [9.17, 15) is 14.4 Å². The molecule has 30 heavy (non-hydrogen) atoms. The van der Waals surface area contributed by atoms with E-state index in [4.69, 9.17) is 0 Å². The summed E-state index contributed by atoms with van der Waals surface area (Å²) in [5, 5.41) is 8.09. The average Bonchev–Trinajstić information content (AvgIpc) is 3.46. The van der Waals surface area contributed by atoms with E-state index in [1.165, 1.54) is 0 Å². The smallest absolute Gasteiger partial charge is 0.256 e. The summed E-state index contributed by atoms with van der Waals surface area (Å²) < 4.78 is 0. The van der Waals surface area contributed by atoms with Crippen LogP contribution < -0.4 is 10.6 Å². The summed E-state index contributed by atoms with van der Waals surface area (Å²) in [5.74, 6) is -0.0826. The number of rotatable bonds is 3. The number of carbonyl (C=O) groups excluding carboxylic acids is 3. The first-order valence-electron chi connectivity index (χ1n) is 10.7. The summed E-state index contributed by atoms with van der Waals surface area (Å²) in [7, 11) is 0. The van der Waals surface area contributed by atoms with Gasteiger partial charge in [0, 0.05) is 23.4 Å². The molecule has 2 aliphatic heterocycles. The molecule has 2 atom stereocenters. The maximum Gasteiger partial charge on any atom is 0.256 e. The van der Waals surface area contributed by atoms with Crippen molar-refractivity contribution < 1.29 is 14.4 Å². The third kappa shape index (κ3) is 3.51. The molecular weight excluding hydrogens is 398 g/mol. The van der Waals surface area contributed by atoms with E-state index in [1.54, 1.807) is 16.2 Å². The van der Waals surface area contributed by atoms with Gasteiger partial charge in [-0.25, -0.2) is 0 Å². The number of piperidine rings is 1. The maximum atomic E-state index is 13.3. The Labute approximate surface area is 179 Å². The number of nitrogens with one attached hydrogen (secondary N) is 2. The number of amides is 3. The van der Waals surface area contributed by atoms with Crippen molar-refractivity contribution in [2.24, 2.45) is 5.92 Å². The minimum absolute atomic E-state index is 0.0687. The summed E-state index contributed by atoms with van der Waals surface area (Å²) in [6.07, 6.45) is 5.27. The fraction of sp³-hybridized carbons (Fsp3) is 0.435. The summed E-state index contributed by atoms with van der Waals surface area (Å²) in [4.78, 5) is 41.6. The topological polar surface area (TPSA) is 78.5 Å². The third-order valence-corrected chi connectivity index (χ3v) is 7.47. The molecule has 3 amide bonds. The SMILES string of the molecule is O=C(N[C@H]1CCN2C(=O)c3cc(-c4cccs4)ccc3NC(=O)[C@@H]2C1)C1CCCC1. The van der Waals surface area contributed by atoms with Crippen LogP contribution in [0.5, 0.6) is 0 Å². The molecule has 0 radical (unpaired) electrons. The molecule has 0 unspecified atom stereocenters. The molecule has 6 nitrogen and oxygen atoms in total. The lowest BCUT2D eigenvalue weighted by molar-refractivity contribution is -0.127. The van der Waals surface area contributed by atoms with Gasteiger partial charge in [-0.3, -0.25) is 14.4 Å². The Morgan fingerprint density at radius 2 is 1.97 bits per heavy atom. The first-order chi connectivity index (χ1) is 14.6. The highest BCUT2D eigenvalue weighted by Gasteiger charge is 2.40. The Morgan fingerprint density at radius 3 is 2.73 bits per heavy atom. The van der Waals surface area contributed by atoms with E-state index in [-0.39, 0.29) is 29.7 Å². The minimum atomic E-state index is -0.558. The van der Waals surface area contributed by atoms with Gasteiger partial charge in [0.05, 0.1) is 11.3 Å². The Morgan fingerprint density at radius 1 is 1.13 bits per heavy atom. The second-order valence-electron chi connectivity index (χ2n) is 8.45. The van der Waals surface area contributed by atoms with Crippen LogP contribution in [0.2, 0.25) is 0 Å². The fourth-order valence-electron chi connectivity index (χ4n) is 4.89. The minimum Gasteiger partial charge on any atom is -0.353 e. The van der Waals surface area contributed by atoms with Crippen LogP contribution >= 0.6 is 11.3 Å². The van der Waals surface area contributed by atoms with Crippen LogP contribution in [0.4, 0.5) is 5.69 Å². The molecule has 1 aromatic heterocycles. The van der Waals surface area contributed by atoms with Gasteiger partial charge in [0.15, 0.2) is 0 Å². The number of hydrogen-bond donors (Lipinski definition) is 2. The lowest BCUT2D eigenvalue weighted by Gasteiger charge is -2.37. The highest BCUT2D eigenvalue weighted by atomic mass is 32.1. The third-order valence-electron chi connectivity index (χ3n) is 6.55. The Kier molecular flexibility index (Phi) is 5.06. The fourth-order valence-corrected chi connectivity index (χ4v) is 5.62. The van der Waals surface area contributed by atoms with Crippen molar-refractivity contribution in [3.63, 3.8) is 0 Å². The Hall–Kier alpha value is -2.67. The number of hydrogen-bond acceptors (Lipinski definition) is 4. The monoisotopic (exact) mass is 423 g/mol. The van der Waals surface area contributed by atoms with Crippen molar-refractivity contribution in [2.45, 2.75) is 50.6 Å². The van der Waals surface area contributed by atoms with Crippen molar-refractivity contribution in [3.05, 3.63) is 41.3 Å². The van der Waals surface area contributed by atoms with Crippen molar-refractivity contribution in [1.29, 1.82) is 0 Å². The van der Waals surface area contributed by atoms with Gasteiger partial charge in [0.1, 0.15) is 6.04 Å². The van der Waals surface area contributed by atoms with Crippen LogP contribution in [-0.2, 0) is 9.59 Å². The van der Waals surface area contributed by atoms with Crippen molar-refractivity contribution in [2.75, 3.05) is 11.9 Å². The van der Waals surface area contributed by atoms with Crippen LogP contribution in [0.1, 0.15) is 48.9 Å². The van der Waals surface area contributed by atoms with Gasteiger partial charge >= 0.3 is 0 Å². The van der Waals surface area contributed by atoms with E-state index >= 15 is 0 Å². The number of thiophene rings is 1. The van der Waals surface area contributed by atoms with Crippen LogP contribution in [0, 0.1) is 5.92 Å². The quantitative estimate of drug-likeness (QED) is 0.791. The molecule has 3 heterocycles. The number of nitrogens with zero attached hydrogens (tertiary/aromatic N) is 1. The zero-order valence-corrected chi connectivity index (χ0v) is 17.5. The van der Waals surface area contributed by atoms with Crippen LogP contribution in [-0.4, -0.2) is 41.2 Å². The zero-order chi connectivity index (χ0) is 20.7. The van der Waals surface area contributed by atoms with Gasteiger partial charge in [0.2, 0.25) is 11.8 Å². The first kappa shape index (κ1) is 19.3. The summed E-state index contributed by atoms with van der Waals surface area (Å²) in [5.41, 5.74) is 2.07. The second-order valence-corrected chi connectivity index (χ2v) is 9.40. The van der Waals surface area contributed by atoms with Gasteiger partial charge in [-0.05, 0) is 54.8 Å². The van der Waals surface area contributed by atoms with E-state index in [1.807, 2.05) is 35.7 Å². The molecule has 2 aromatic rings. The molecule has 1 aliphatic carbocycles. The molecule has 156 valence electrons.